The first-order valence-electron chi connectivity index (χ1n) is 3.53. The number of nitrogens with zero attached hydrogens (tertiary/aromatic N) is 2. The summed E-state index contributed by atoms with van der Waals surface area (Å²) in [6, 6.07) is -0.386. The van der Waals surface area contributed by atoms with Crippen molar-refractivity contribution in [3.63, 3.8) is 0 Å². The van der Waals surface area contributed by atoms with Crippen LogP contribution in [0.1, 0.15) is 24.7 Å². The van der Waals surface area contributed by atoms with E-state index in [1.165, 1.54) is 0 Å². The van der Waals surface area contributed by atoms with Gasteiger partial charge in [0.15, 0.2) is 0 Å². The first kappa shape index (κ1) is 9.97. The van der Waals surface area contributed by atoms with Crippen LogP contribution in [0.25, 0.3) is 0 Å². The molecule has 0 radical (unpaired) electrons. The molecule has 0 fully saturated rings. The van der Waals surface area contributed by atoms with Crippen molar-refractivity contribution in [1.82, 2.24) is 15.5 Å². The summed E-state index contributed by atoms with van der Waals surface area (Å²) < 4.78 is 40.3. The van der Waals surface area contributed by atoms with E-state index >= 15 is 0 Å². The molecular formula is C6H8F3N3O. The van der Waals surface area contributed by atoms with Gasteiger partial charge in [-0.25, -0.2) is 0 Å². The smallest absolute Gasteiger partial charge is 0.337 e. The third kappa shape index (κ3) is 2.18. The number of rotatable bonds is 2. The van der Waals surface area contributed by atoms with Crippen LogP contribution in [0.5, 0.6) is 0 Å². The summed E-state index contributed by atoms with van der Waals surface area (Å²) in [5.41, 5.74) is 0. The fourth-order valence-electron chi connectivity index (χ4n) is 0.650. The van der Waals surface area contributed by atoms with Gasteiger partial charge < -0.3 is 9.84 Å². The zero-order valence-electron chi connectivity index (χ0n) is 7.01. The van der Waals surface area contributed by atoms with E-state index in [4.69, 9.17) is 0 Å². The maximum absolute atomic E-state index is 12.0. The van der Waals surface area contributed by atoms with Crippen LogP contribution >= 0.6 is 0 Å². The summed E-state index contributed by atoms with van der Waals surface area (Å²) in [5.74, 6) is -1.32. The molecule has 0 bridgehead atoms. The summed E-state index contributed by atoms with van der Waals surface area (Å²) in [5, 5.41) is 5.49. The van der Waals surface area contributed by atoms with E-state index in [2.05, 4.69) is 20.0 Å². The van der Waals surface area contributed by atoms with Gasteiger partial charge in [-0.2, -0.15) is 18.2 Å². The van der Waals surface area contributed by atoms with E-state index in [0.717, 1.165) is 0 Å². The average Bonchev–Trinajstić information content (AvgIpc) is 2.50. The molecule has 1 atom stereocenters. The van der Waals surface area contributed by atoms with Crippen LogP contribution in [0.3, 0.4) is 0 Å². The topological polar surface area (TPSA) is 51.0 Å². The maximum atomic E-state index is 12.0. The molecule has 0 aliphatic rings. The van der Waals surface area contributed by atoms with Gasteiger partial charge in [0.2, 0.25) is 5.89 Å². The van der Waals surface area contributed by atoms with Crippen LogP contribution in [0, 0.1) is 0 Å². The van der Waals surface area contributed by atoms with E-state index in [0.29, 0.717) is 0 Å². The highest BCUT2D eigenvalue weighted by Gasteiger charge is 2.37. The SMILES string of the molecule is CN[C@@H](C)c1nc(C(F)(F)F)no1. The Balaban J connectivity index is 2.87. The molecule has 7 heteroatoms. The van der Waals surface area contributed by atoms with Crippen molar-refractivity contribution in [2.75, 3.05) is 7.05 Å². The molecule has 0 saturated carbocycles. The van der Waals surface area contributed by atoms with Crippen LogP contribution in [-0.4, -0.2) is 17.2 Å². The van der Waals surface area contributed by atoms with Gasteiger partial charge in [0.05, 0.1) is 6.04 Å². The van der Waals surface area contributed by atoms with Crippen LogP contribution < -0.4 is 5.32 Å². The lowest BCUT2D eigenvalue weighted by Gasteiger charge is -2.01. The van der Waals surface area contributed by atoms with Gasteiger partial charge in [0.25, 0.3) is 5.82 Å². The molecule has 0 aromatic carbocycles. The molecule has 0 amide bonds. The highest BCUT2D eigenvalue weighted by molar-refractivity contribution is 4.94. The van der Waals surface area contributed by atoms with Crippen molar-refractivity contribution < 1.29 is 17.7 Å². The molecule has 1 aromatic rings. The molecule has 13 heavy (non-hydrogen) atoms. The Bertz CT molecular complexity index is 283. The molecule has 1 N–H and O–H groups in total. The molecule has 0 saturated heterocycles. The summed E-state index contributed by atoms with van der Waals surface area (Å²) in [4.78, 5) is 3.19. The lowest BCUT2D eigenvalue weighted by molar-refractivity contribution is -0.146. The highest BCUT2D eigenvalue weighted by atomic mass is 19.4. The summed E-state index contributed by atoms with van der Waals surface area (Å²) in [6.07, 6.45) is -4.55. The Morgan fingerprint density at radius 1 is 1.46 bits per heavy atom. The molecule has 1 heterocycles. The minimum Gasteiger partial charge on any atom is -0.337 e. The van der Waals surface area contributed by atoms with Gasteiger partial charge in [-0.15, -0.1) is 0 Å². The van der Waals surface area contributed by atoms with Crippen LogP contribution in [0.2, 0.25) is 0 Å². The van der Waals surface area contributed by atoms with E-state index in [1.54, 1.807) is 14.0 Å². The molecule has 1 rings (SSSR count). The fraction of sp³-hybridized carbons (Fsp3) is 0.667. The lowest BCUT2D eigenvalue weighted by Crippen LogP contribution is -2.13. The number of hydrogen-bond donors (Lipinski definition) is 1. The monoisotopic (exact) mass is 195 g/mol. The number of halogens is 3. The van der Waals surface area contributed by atoms with E-state index in [9.17, 15) is 13.2 Å². The second-order valence-corrected chi connectivity index (χ2v) is 2.46. The predicted octanol–water partition coefficient (Wildman–Crippen LogP) is 1.37. The summed E-state index contributed by atoms with van der Waals surface area (Å²) >= 11 is 0. The Labute approximate surface area is 72.1 Å². The second kappa shape index (κ2) is 3.33. The van der Waals surface area contributed by atoms with Gasteiger partial charge in [0, 0.05) is 0 Å². The first-order valence-corrected chi connectivity index (χ1v) is 3.53. The van der Waals surface area contributed by atoms with Gasteiger partial charge in [0.1, 0.15) is 0 Å². The van der Waals surface area contributed by atoms with Crippen molar-refractivity contribution in [3.8, 4) is 0 Å². The number of nitrogens with one attached hydrogen (secondary N) is 1. The zero-order valence-corrected chi connectivity index (χ0v) is 7.01. The highest BCUT2D eigenvalue weighted by Crippen LogP contribution is 2.27. The van der Waals surface area contributed by atoms with Crippen LogP contribution in [0.15, 0.2) is 4.52 Å². The van der Waals surface area contributed by atoms with E-state index < -0.39 is 12.0 Å². The molecule has 1 aromatic heterocycles. The average molecular weight is 195 g/mol. The minimum absolute atomic E-state index is 0.0742. The minimum atomic E-state index is -4.55. The van der Waals surface area contributed by atoms with Gasteiger partial charge >= 0.3 is 6.18 Å². The van der Waals surface area contributed by atoms with Crippen LogP contribution in [0.4, 0.5) is 13.2 Å². The zero-order chi connectivity index (χ0) is 10.1. The third-order valence-corrected chi connectivity index (χ3v) is 1.50. The molecule has 0 aliphatic carbocycles. The van der Waals surface area contributed by atoms with Crippen molar-refractivity contribution in [3.05, 3.63) is 11.7 Å². The molecule has 74 valence electrons. The van der Waals surface area contributed by atoms with Gasteiger partial charge in [-0.05, 0) is 14.0 Å². The van der Waals surface area contributed by atoms with E-state index in [-0.39, 0.29) is 11.9 Å². The number of alkyl halides is 3. The Morgan fingerprint density at radius 3 is 2.46 bits per heavy atom. The van der Waals surface area contributed by atoms with E-state index in [1.807, 2.05) is 0 Å². The summed E-state index contributed by atoms with van der Waals surface area (Å²) in [7, 11) is 1.59. The summed E-state index contributed by atoms with van der Waals surface area (Å²) in [6.45, 7) is 1.62. The van der Waals surface area contributed by atoms with Crippen LogP contribution in [-0.2, 0) is 6.18 Å². The quantitative estimate of drug-likeness (QED) is 0.774. The number of aromatic nitrogens is 2. The Morgan fingerprint density at radius 2 is 2.08 bits per heavy atom. The first-order chi connectivity index (χ1) is 5.95. The molecular weight excluding hydrogens is 187 g/mol. The lowest BCUT2D eigenvalue weighted by atomic mass is 10.3. The molecule has 4 nitrogen and oxygen atoms in total. The fourth-order valence-corrected chi connectivity index (χ4v) is 0.650. The van der Waals surface area contributed by atoms with Crippen molar-refractivity contribution >= 4 is 0 Å². The largest absolute Gasteiger partial charge is 0.455 e. The predicted molar refractivity (Wildman–Crippen MR) is 36.8 cm³/mol. The molecule has 0 aliphatic heterocycles. The molecule has 0 spiro atoms. The van der Waals surface area contributed by atoms with Crippen molar-refractivity contribution in [2.24, 2.45) is 0 Å². The Hall–Kier alpha value is -1.11. The third-order valence-electron chi connectivity index (χ3n) is 1.50. The number of hydrogen-bond acceptors (Lipinski definition) is 4. The van der Waals surface area contributed by atoms with Crippen molar-refractivity contribution in [2.45, 2.75) is 19.1 Å². The van der Waals surface area contributed by atoms with Crippen molar-refractivity contribution in [1.29, 1.82) is 0 Å². The normalized spacial score (nSPS) is 14.5. The Kier molecular flexibility index (Phi) is 2.55. The standard InChI is InChI=1S/C6H8F3N3O/c1-3(10-2)4-11-5(12-13-4)6(7,8)9/h3,10H,1-2H3/t3-/m0/s1. The van der Waals surface area contributed by atoms with Gasteiger partial charge in [-0.3, -0.25) is 0 Å². The maximum Gasteiger partial charge on any atom is 0.455 e. The second-order valence-electron chi connectivity index (χ2n) is 2.46. The molecule has 0 unspecified atom stereocenters. The van der Waals surface area contributed by atoms with Gasteiger partial charge in [-0.1, -0.05) is 5.16 Å².